The van der Waals surface area contributed by atoms with Gasteiger partial charge in [-0.3, -0.25) is 0 Å². The van der Waals surface area contributed by atoms with Crippen LogP contribution in [0.4, 0.5) is 0 Å². The third-order valence-electron chi connectivity index (χ3n) is 4.07. The van der Waals surface area contributed by atoms with Crippen LogP contribution in [0.25, 0.3) is 10.9 Å². The molecule has 0 aliphatic heterocycles. The molecule has 7 heteroatoms. The van der Waals surface area contributed by atoms with Gasteiger partial charge in [-0.1, -0.05) is 36.4 Å². The van der Waals surface area contributed by atoms with Gasteiger partial charge in [0.15, 0.2) is 0 Å². The number of hydrogen-bond donors (Lipinski definition) is 1. The van der Waals surface area contributed by atoms with Gasteiger partial charge in [-0.25, -0.2) is 17.5 Å². The number of aromatic carboxylic acids is 1. The van der Waals surface area contributed by atoms with Crippen LogP contribution in [0.5, 0.6) is 0 Å². The maximum Gasteiger partial charge on any atom is 0.352 e. The van der Waals surface area contributed by atoms with Gasteiger partial charge in [-0.2, -0.15) is 0 Å². The second-order valence-corrected chi connectivity index (χ2v) is 8.00. The highest BCUT2D eigenvalue weighted by molar-refractivity contribution is 7.89. The summed E-state index contributed by atoms with van der Waals surface area (Å²) in [6.07, 6.45) is 0. The van der Waals surface area contributed by atoms with Crippen LogP contribution in [0.1, 0.15) is 16.1 Å². The van der Waals surface area contributed by atoms with Gasteiger partial charge >= 0.3 is 5.97 Å². The largest absolute Gasteiger partial charge is 0.477 e. The Kier molecular flexibility index (Phi) is 4.36. The SMILES string of the molecule is CN(C)S(=O)(=O)c1cccc2c1cc(C(=O)O)n2Cc1ccccc1. The zero-order chi connectivity index (χ0) is 18.2. The Balaban J connectivity index is 2.27. The van der Waals surface area contributed by atoms with Gasteiger partial charge in [0.25, 0.3) is 0 Å². The molecular formula is C18H18N2O4S. The minimum absolute atomic E-state index is 0.0558. The maximum absolute atomic E-state index is 12.6. The van der Waals surface area contributed by atoms with Crippen LogP contribution < -0.4 is 0 Å². The molecule has 2 aromatic carbocycles. The number of carboxylic acid groups (broad SMARTS) is 1. The Morgan fingerprint density at radius 1 is 1.08 bits per heavy atom. The number of aromatic nitrogens is 1. The summed E-state index contributed by atoms with van der Waals surface area (Å²) in [5.74, 6) is -1.10. The van der Waals surface area contributed by atoms with E-state index in [9.17, 15) is 18.3 Å². The van der Waals surface area contributed by atoms with Crippen molar-refractivity contribution in [3.8, 4) is 0 Å². The first kappa shape index (κ1) is 17.2. The van der Waals surface area contributed by atoms with E-state index in [2.05, 4.69) is 0 Å². The van der Waals surface area contributed by atoms with E-state index in [4.69, 9.17) is 0 Å². The van der Waals surface area contributed by atoms with Crippen LogP contribution in [0.3, 0.4) is 0 Å². The molecule has 0 saturated carbocycles. The van der Waals surface area contributed by atoms with Gasteiger partial charge in [0.2, 0.25) is 10.0 Å². The quantitative estimate of drug-likeness (QED) is 0.760. The number of carboxylic acids is 1. The molecule has 3 aromatic rings. The fraction of sp³-hybridized carbons (Fsp3) is 0.167. The Hall–Kier alpha value is -2.64. The molecule has 1 aromatic heterocycles. The van der Waals surface area contributed by atoms with Gasteiger partial charge in [0.05, 0.1) is 10.4 Å². The van der Waals surface area contributed by atoms with E-state index < -0.39 is 16.0 Å². The summed E-state index contributed by atoms with van der Waals surface area (Å²) in [4.78, 5) is 11.8. The van der Waals surface area contributed by atoms with Crippen LogP contribution in [0.2, 0.25) is 0 Å². The van der Waals surface area contributed by atoms with Crippen molar-refractivity contribution < 1.29 is 18.3 Å². The molecule has 0 fully saturated rings. The Morgan fingerprint density at radius 3 is 2.36 bits per heavy atom. The lowest BCUT2D eigenvalue weighted by molar-refractivity contribution is 0.0686. The molecule has 0 radical (unpaired) electrons. The number of hydrogen-bond acceptors (Lipinski definition) is 3. The average molecular weight is 358 g/mol. The normalized spacial score (nSPS) is 12.0. The van der Waals surface area contributed by atoms with E-state index in [0.29, 0.717) is 17.4 Å². The topological polar surface area (TPSA) is 79.6 Å². The molecule has 0 bridgehead atoms. The van der Waals surface area contributed by atoms with Gasteiger partial charge in [0, 0.05) is 26.0 Å². The lowest BCUT2D eigenvalue weighted by Gasteiger charge is -2.13. The second kappa shape index (κ2) is 6.34. The summed E-state index contributed by atoms with van der Waals surface area (Å²) in [7, 11) is -0.775. The minimum Gasteiger partial charge on any atom is -0.477 e. The predicted octanol–water partition coefficient (Wildman–Crippen LogP) is 2.64. The molecule has 6 nitrogen and oxygen atoms in total. The third kappa shape index (κ3) is 3.04. The van der Waals surface area contributed by atoms with Crippen LogP contribution in [0.15, 0.2) is 59.5 Å². The van der Waals surface area contributed by atoms with Crippen molar-refractivity contribution in [2.45, 2.75) is 11.4 Å². The number of carbonyl (C=O) groups is 1. The number of rotatable bonds is 5. The molecule has 0 atom stereocenters. The lowest BCUT2D eigenvalue weighted by Crippen LogP contribution is -2.22. The zero-order valence-corrected chi connectivity index (χ0v) is 14.7. The molecule has 1 heterocycles. The fourth-order valence-electron chi connectivity index (χ4n) is 2.79. The third-order valence-corrected chi connectivity index (χ3v) is 5.94. The molecule has 0 spiro atoms. The molecule has 0 amide bonds. The molecule has 0 unspecified atom stereocenters. The van der Waals surface area contributed by atoms with Crippen molar-refractivity contribution in [1.29, 1.82) is 0 Å². The van der Waals surface area contributed by atoms with Gasteiger partial charge in [0.1, 0.15) is 5.69 Å². The fourth-order valence-corrected chi connectivity index (χ4v) is 3.88. The summed E-state index contributed by atoms with van der Waals surface area (Å²) in [6.45, 7) is 0.345. The Morgan fingerprint density at radius 2 is 1.76 bits per heavy atom. The summed E-state index contributed by atoms with van der Waals surface area (Å²) in [5, 5.41) is 9.97. The van der Waals surface area contributed by atoms with Crippen molar-refractivity contribution in [2.24, 2.45) is 0 Å². The minimum atomic E-state index is -3.68. The van der Waals surface area contributed by atoms with Crippen LogP contribution in [-0.2, 0) is 16.6 Å². The monoisotopic (exact) mass is 358 g/mol. The molecule has 130 valence electrons. The Labute approximate surface area is 146 Å². The first-order valence-corrected chi connectivity index (χ1v) is 9.08. The van der Waals surface area contributed by atoms with Gasteiger partial charge in [-0.15, -0.1) is 0 Å². The lowest BCUT2D eigenvalue weighted by atomic mass is 10.2. The first-order chi connectivity index (χ1) is 11.8. The number of benzene rings is 2. The maximum atomic E-state index is 12.6. The van der Waals surface area contributed by atoms with Crippen molar-refractivity contribution in [3.63, 3.8) is 0 Å². The summed E-state index contributed by atoms with van der Waals surface area (Å²) < 4.78 is 27.9. The molecule has 0 aliphatic rings. The molecule has 0 aliphatic carbocycles. The van der Waals surface area contributed by atoms with Gasteiger partial charge < -0.3 is 9.67 Å². The van der Waals surface area contributed by atoms with Crippen molar-refractivity contribution in [2.75, 3.05) is 14.1 Å². The standard InChI is InChI=1S/C18H18N2O4S/c1-19(2)25(23,24)17-10-6-9-15-14(17)11-16(18(21)22)20(15)12-13-7-4-3-5-8-13/h3-11H,12H2,1-2H3,(H,21,22). The van der Waals surface area contributed by atoms with E-state index >= 15 is 0 Å². The molecule has 25 heavy (non-hydrogen) atoms. The first-order valence-electron chi connectivity index (χ1n) is 7.64. The second-order valence-electron chi connectivity index (χ2n) is 5.88. The smallest absolute Gasteiger partial charge is 0.352 e. The summed E-state index contributed by atoms with van der Waals surface area (Å²) in [5.41, 5.74) is 1.56. The van der Waals surface area contributed by atoms with Gasteiger partial charge in [-0.05, 0) is 23.8 Å². The summed E-state index contributed by atoms with van der Waals surface area (Å²) in [6, 6.07) is 15.7. The molecule has 0 saturated heterocycles. The van der Waals surface area contributed by atoms with E-state index in [1.165, 1.54) is 26.2 Å². The number of fused-ring (bicyclic) bond motifs is 1. The Bertz CT molecular complexity index is 1040. The van der Waals surface area contributed by atoms with Crippen molar-refractivity contribution in [3.05, 3.63) is 65.9 Å². The number of sulfonamides is 1. The van der Waals surface area contributed by atoms with Crippen LogP contribution in [-0.4, -0.2) is 42.5 Å². The van der Waals surface area contributed by atoms with Crippen molar-refractivity contribution in [1.82, 2.24) is 8.87 Å². The van der Waals surface area contributed by atoms with E-state index in [-0.39, 0.29) is 10.6 Å². The van der Waals surface area contributed by atoms with E-state index in [1.807, 2.05) is 30.3 Å². The summed E-state index contributed by atoms with van der Waals surface area (Å²) >= 11 is 0. The highest BCUT2D eigenvalue weighted by atomic mass is 32.2. The molecule has 3 rings (SSSR count). The zero-order valence-electron chi connectivity index (χ0n) is 13.9. The predicted molar refractivity (Wildman–Crippen MR) is 95.3 cm³/mol. The highest BCUT2D eigenvalue weighted by Gasteiger charge is 2.24. The average Bonchev–Trinajstić information content (AvgIpc) is 2.94. The molecule has 1 N–H and O–H groups in total. The van der Waals surface area contributed by atoms with E-state index in [0.717, 1.165) is 9.87 Å². The van der Waals surface area contributed by atoms with Crippen LogP contribution in [0, 0.1) is 0 Å². The molecular weight excluding hydrogens is 340 g/mol. The van der Waals surface area contributed by atoms with E-state index in [1.54, 1.807) is 16.7 Å². The number of nitrogens with zero attached hydrogens (tertiary/aromatic N) is 2. The van der Waals surface area contributed by atoms with Crippen LogP contribution >= 0.6 is 0 Å². The highest BCUT2D eigenvalue weighted by Crippen LogP contribution is 2.29. The van der Waals surface area contributed by atoms with Crippen molar-refractivity contribution >= 4 is 26.9 Å².